The molecule has 0 aromatic rings. The van der Waals surface area contributed by atoms with Gasteiger partial charge in [-0.25, -0.2) is 4.99 Å². The molecule has 4 nitrogen and oxygen atoms in total. The van der Waals surface area contributed by atoms with Gasteiger partial charge in [0.05, 0.1) is 13.7 Å². The number of ether oxygens (including phenoxy) is 2. The summed E-state index contributed by atoms with van der Waals surface area (Å²) in [4.78, 5) is 14.3. The van der Waals surface area contributed by atoms with Crippen LogP contribution in [-0.4, -0.2) is 32.1 Å². The Balaban J connectivity index is 3.63. The second kappa shape index (κ2) is 5.70. The van der Waals surface area contributed by atoms with Crippen LogP contribution in [0.2, 0.25) is 0 Å². The molecule has 0 unspecified atom stereocenters. The monoisotopic (exact) mass is 159 g/mol. The van der Waals surface area contributed by atoms with Gasteiger partial charge in [0, 0.05) is 6.92 Å². The molecule has 0 aromatic heterocycles. The van der Waals surface area contributed by atoms with Gasteiger partial charge in [-0.15, -0.1) is 0 Å². The third-order valence-electron chi connectivity index (χ3n) is 1.01. The highest BCUT2D eigenvalue weighted by atomic mass is 16.5. The lowest BCUT2D eigenvalue weighted by Crippen LogP contribution is -2.08. The van der Waals surface area contributed by atoms with Crippen molar-refractivity contribution in [2.75, 3.05) is 20.3 Å². The maximum Gasteiger partial charge on any atom is 0.327 e. The SMILES string of the molecule is CCO/C(C)=N/CC(=O)OC. The highest BCUT2D eigenvalue weighted by Gasteiger charge is 1.96. The number of esters is 1. The van der Waals surface area contributed by atoms with Crippen LogP contribution < -0.4 is 0 Å². The summed E-state index contributed by atoms with van der Waals surface area (Å²) in [5, 5.41) is 0. The Kier molecular flexibility index (Phi) is 5.15. The zero-order chi connectivity index (χ0) is 8.69. The summed E-state index contributed by atoms with van der Waals surface area (Å²) in [7, 11) is 1.33. The number of hydrogen-bond acceptors (Lipinski definition) is 4. The van der Waals surface area contributed by atoms with Crippen LogP contribution in [-0.2, 0) is 14.3 Å². The molecule has 0 aliphatic rings. The van der Waals surface area contributed by atoms with Crippen molar-refractivity contribution in [2.24, 2.45) is 4.99 Å². The van der Waals surface area contributed by atoms with Crippen molar-refractivity contribution >= 4 is 11.9 Å². The summed E-state index contributed by atoms with van der Waals surface area (Å²) in [5.41, 5.74) is 0. The lowest BCUT2D eigenvalue weighted by molar-refractivity contribution is -0.138. The highest BCUT2D eigenvalue weighted by molar-refractivity contribution is 5.78. The molecule has 0 aromatic carbocycles. The molecule has 0 fully saturated rings. The average Bonchev–Trinajstić information content (AvgIpc) is 2.01. The van der Waals surface area contributed by atoms with Crippen LogP contribution in [0.5, 0.6) is 0 Å². The summed E-state index contributed by atoms with van der Waals surface area (Å²) in [6.45, 7) is 4.16. The van der Waals surface area contributed by atoms with E-state index in [0.29, 0.717) is 12.5 Å². The molecule has 0 aliphatic carbocycles. The maximum atomic E-state index is 10.5. The molecule has 0 N–H and O–H groups in total. The first-order valence-electron chi connectivity index (χ1n) is 3.41. The third-order valence-corrected chi connectivity index (χ3v) is 1.01. The molecule has 0 aliphatic heterocycles. The summed E-state index contributed by atoms with van der Waals surface area (Å²) >= 11 is 0. The summed E-state index contributed by atoms with van der Waals surface area (Å²) < 4.78 is 9.36. The van der Waals surface area contributed by atoms with Crippen LogP contribution in [0.4, 0.5) is 0 Å². The average molecular weight is 159 g/mol. The number of carbonyl (C=O) groups is 1. The molecular formula is C7H13NO3. The molecule has 4 heteroatoms. The van der Waals surface area contributed by atoms with Gasteiger partial charge >= 0.3 is 5.97 Å². The maximum absolute atomic E-state index is 10.5. The van der Waals surface area contributed by atoms with Gasteiger partial charge < -0.3 is 9.47 Å². The largest absolute Gasteiger partial charge is 0.481 e. The van der Waals surface area contributed by atoms with Gasteiger partial charge in [0.2, 0.25) is 0 Å². The Labute approximate surface area is 66.2 Å². The Morgan fingerprint density at radius 1 is 1.55 bits per heavy atom. The number of nitrogens with zero attached hydrogens (tertiary/aromatic N) is 1. The van der Waals surface area contributed by atoms with E-state index in [1.54, 1.807) is 6.92 Å². The fraction of sp³-hybridized carbons (Fsp3) is 0.714. The van der Waals surface area contributed by atoms with E-state index in [1.807, 2.05) is 6.92 Å². The number of carbonyl (C=O) groups excluding carboxylic acids is 1. The normalized spacial score (nSPS) is 11.0. The standard InChI is InChI=1S/C7H13NO3/c1-4-11-6(2)8-5-7(9)10-3/h4-5H2,1-3H3/b8-6+. The van der Waals surface area contributed by atoms with E-state index < -0.39 is 0 Å². The van der Waals surface area contributed by atoms with Gasteiger partial charge in [-0.05, 0) is 6.92 Å². The highest BCUT2D eigenvalue weighted by Crippen LogP contribution is 1.83. The number of rotatable bonds is 3. The minimum Gasteiger partial charge on any atom is -0.481 e. The third kappa shape index (κ3) is 5.39. The van der Waals surface area contributed by atoms with E-state index in [1.165, 1.54) is 7.11 Å². The molecule has 0 heterocycles. The first kappa shape index (κ1) is 9.94. The Bertz CT molecular complexity index is 154. The fourth-order valence-electron chi connectivity index (χ4n) is 0.495. The van der Waals surface area contributed by atoms with Crippen LogP contribution in [0.15, 0.2) is 4.99 Å². The lowest BCUT2D eigenvalue weighted by atomic mass is 10.6. The molecule has 64 valence electrons. The lowest BCUT2D eigenvalue weighted by Gasteiger charge is -1.99. The van der Waals surface area contributed by atoms with Gasteiger partial charge in [0.1, 0.15) is 6.54 Å². The van der Waals surface area contributed by atoms with Gasteiger partial charge in [-0.3, -0.25) is 4.79 Å². The van der Waals surface area contributed by atoms with E-state index in [2.05, 4.69) is 9.73 Å². The number of methoxy groups -OCH3 is 1. The van der Waals surface area contributed by atoms with Crippen LogP contribution in [0.25, 0.3) is 0 Å². The summed E-state index contributed by atoms with van der Waals surface area (Å²) in [5.74, 6) is 0.155. The topological polar surface area (TPSA) is 47.9 Å². The number of hydrogen-bond donors (Lipinski definition) is 0. The fourth-order valence-corrected chi connectivity index (χ4v) is 0.495. The van der Waals surface area contributed by atoms with Crippen molar-refractivity contribution in [3.8, 4) is 0 Å². The zero-order valence-corrected chi connectivity index (χ0v) is 7.09. The molecule has 0 bridgehead atoms. The molecule has 0 saturated carbocycles. The van der Waals surface area contributed by atoms with Crippen LogP contribution in [0.3, 0.4) is 0 Å². The van der Waals surface area contributed by atoms with Gasteiger partial charge in [0.15, 0.2) is 5.90 Å². The molecule has 11 heavy (non-hydrogen) atoms. The molecule has 0 rings (SSSR count). The van der Waals surface area contributed by atoms with Crippen molar-refractivity contribution in [3.63, 3.8) is 0 Å². The van der Waals surface area contributed by atoms with Crippen molar-refractivity contribution < 1.29 is 14.3 Å². The van der Waals surface area contributed by atoms with E-state index in [0.717, 1.165) is 0 Å². The van der Waals surface area contributed by atoms with Crippen molar-refractivity contribution in [3.05, 3.63) is 0 Å². The molecule has 0 amide bonds. The van der Waals surface area contributed by atoms with Crippen molar-refractivity contribution in [1.29, 1.82) is 0 Å². The second-order valence-corrected chi connectivity index (χ2v) is 1.84. The number of aliphatic imine (C=N–C) groups is 1. The van der Waals surface area contributed by atoms with Gasteiger partial charge in [-0.1, -0.05) is 0 Å². The smallest absolute Gasteiger partial charge is 0.327 e. The predicted molar refractivity (Wildman–Crippen MR) is 41.6 cm³/mol. The van der Waals surface area contributed by atoms with Crippen LogP contribution in [0.1, 0.15) is 13.8 Å². The quantitative estimate of drug-likeness (QED) is 0.344. The first-order valence-corrected chi connectivity index (χ1v) is 3.41. The van der Waals surface area contributed by atoms with E-state index >= 15 is 0 Å². The van der Waals surface area contributed by atoms with Gasteiger partial charge in [0.25, 0.3) is 0 Å². The Morgan fingerprint density at radius 3 is 2.64 bits per heavy atom. The Morgan fingerprint density at radius 2 is 2.18 bits per heavy atom. The van der Waals surface area contributed by atoms with Crippen LogP contribution in [0, 0.1) is 0 Å². The molecule has 0 atom stereocenters. The minimum atomic E-state index is -0.357. The van der Waals surface area contributed by atoms with E-state index in [4.69, 9.17) is 4.74 Å². The predicted octanol–water partition coefficient (Wildman–Crippen LogP) is 0.614. The van der Waals surface area contributed by atoms with E-state index in [9.17, 15) is 4.79 Å². The summed E-state index contributed by atoms with van der Waals surface area (Å²) in [6.07, 6.45) is 0. The molecule has 0 saturated heterocycles. The summed E-state index contributed by atoms with van der Waals surface area (Å²) in [6, 6.07) is 0. The molecular weight excluding hydrogens is 146 g/mol. The van der Waals surface area contributed by atoms with Crippen molar-refractivity contribution in [1.82, 2.24) is 0 Å². The molecule has 0 radical (unpaired) electrons. The first-order chi connectivity index (χ1) is 5.20. The van der Waals surface area contributed by atoms with Gasteiger partial charge in [-0.2, -0.15) is 0 Å². The zero-order valence-electron chi connectivity index (χ0n) is 7.09. The minimum absolute atomic E-state index is 0.0301. The molecule has 0 spiro atoms. The second-order valence-electron chi connectivity index (χ2n) is 1.84. The van der Waals surface area contributed by atoms with E-state index in [-0.39, 0.29) is 12.5 Å². The van der Waals surface area contributed by atoms with Crippen molar-refractivity contribution in [2.45, 2.75) is 13.8 Å². The van der Waals surface area contributed by atoms with Crippen LogP contribution >= 0.6 is 0 Å². The Hall–Kier alpha value is -1.06.